The van der Waals surface area contributed by atoms with Gasteiger partial charge in [-0.15, -0.1) is 0 Å². The quantitative estimate of drug-likeness (QED) is 0.699. The van der Waals surface area contributed by atoms with E-state index < -0.39 is 15.3 Å². The van der Waals surface area contributed by atoms with Crippen LogP contribution >= 0.6 is 34.8 Å². The number of aliphatic hydroxyl groups excluding tert-OH is 1. The summed E-state index contributed by atoms with van der Waals surface area (Å²) in [7, 11) is 0. The molecular weight excluding hydrogens is 327 g/mol. The smallest absolute Gasteiger partial charge is 0.195 e. The van der Waals surface area contributed by atoms with Crippen molar-refractivity contribution < 1.29 is 5.11 Å². The maximum absolute atomic E-state index is 10.7. The summed E-state index contributed by atoms with van der Waals surface area (Å²) in [6, 6.07) is 10.3. The molecule has 0 aliphatic heterocycles. The molecule has 3 atom stereocenters. The van der Waals surface area contributed by atoms with Crippen LogP contribution in [0.1, 0.15) is 45.6 Å². The van der Waals surface area contributed by atoms with E-state index in [0.29, 0.717) is 6.42 Å². The molecule has 0 bridgehead atoms. The van der Waals surface area contributed by atoms with Crippen LogP contribution in [0.3, 0.4) is 0 Å². The summed E-state index contributed by atoms with van der Waals surface area (Å²) < 4.78 is -1.34. The van der Waals surface area contributed by atoms with E-state index in [1.807, 2.05) is 25.1 Å². The van der Waals surface area contributed by atoms with Gasteiger partial charge in [0.25, 0.3) is 0 Å². The summed E-state index contributed by atoms with van der Waals surface area (Å²) in [5.41, 5.74) is 0.669. The van der Waals surface area contributed by atoms with E-state index in [0.717, 1.165) is 12.8 Å². The lowest BCUT2D eigenvalue weighted by Gasteiger charge is -2.49. The second kappa shape index (κ2) is 5.92. The highest BCUT2D eigenvalue weighted by molar-refractivity contribution is 6.68. The highest BCUT2D eigenvalue weighted by atomic mass is 35.6. The molecule has 0 heterocycles. The maximum atomic E-state index is 10.7. The largest absolute Gasteiger partial charge is 0.393 e. The Morgan fingerprint density at radius 2 is 1.71 bits per heavy atom. The second-order valence-corrected chi connectivity index (χ2v) is 9.34. The maximum Gasteiger partial charge on any atom is 0.195 e. The molecule has 2 rings (SSSR count). The SMILES string of the molecule is CC(C)(c1ccccc1)[C@@H]1CC[C@@](C)(C(Cl)(Cl)Cl)C[C@H]1O. The topological polar surface area (TPSA) is 20.2 Å². The molecule has 1 aromatic carbocycles. The molecule has 1 aromatic rings. The molecule has 1 N–H and O–H groups in total. The molecule has 1 aliphatic carbocycles. The van der Waals surface area contributed by atoms with E-state index in [1.165, 1.54) is 5.56 Å². The molecule has 0 radical (unpaired) electrons. The number of hydrogen-bond acceptors (Lipinski definition) is 1. The predicted octanol–water partition coefficient (Wildman–Crippen LogP) is 5.50. The zero-order chi connectivity index (χ0) is 15.9. The van der Waals surface area contributed by atoms with Gasteiger partial charge in [-0.05, 0) is 36.2 Å². The Kier molecular flexibility index (Phi) is 4.91. The van der Waals surface area contributed by atoms with E-state index in [-0.39, 0.29) is 11.3 Å². The van der Waals surface area contributed by atoms with E-state index in [1.54, 1.807) is 0 Å². The van der Waals surface area contributed by atoms with Gasteiger partial charge in [0.15, 0.2) is 3.79 Å². The highest BCUT2D eigenvalue weighted by Gasteiger charge is 2.51. The van der Waals surface area contributed by atoms with Crippen molar-refractivity contribution >= 4 is 34.8 Å². The molecular formula is C17H23Cl3O. The van der Waals surface area contributed by atoms with Crippen LogP contribution in [0.5, 0.6) is 0 Å². The molecule has 0 amide bonds. The summed E-state index contributed by atoms with van der Waals surface area (Å²) in [5.74, 6) is 0.167. The van der Waals surface area contributed by atoms with Crippen molar-refractivity contribution in [3.8, 4) is 0 Å². The van der Waals surface area contributed by atoms with Crippen molar-refractivity contribution in [3.05, 3.63) is 35.9 Å². The lowest BCUT2D eigenvalue weighted by Crippen LogP contribution is -2.48. The van der Waals surface area contributed by atoms with E-state index in [4.69, 9.17) is 34.8 Å². The van der Waals surface area contributed by atoms with E-state index in [2.05, 4.69) is 26.0 Å². The lowest BCUT2D eigenvalue weighted by molar-refractivity contribution is -0.0185. The molecule has 0 saturated heterocycles. The zero-order valence-electron chi connectivity index (χ0n) is 12.7. The molecule has 1 nitrogen and oxygen atoms in total. The van der Waals surface area contributed by atoms with E-state index >= 15 is 0 Å². The molecule has 0 unspecified atom stereocenters. The van der Waals surface area contributed by atoms with Crippen LogP contribution in [-0.4, -0.2) is 15.0 Å². The van der Waals surface area contributed by atoms with Gasteiger partial charge in [0.2, 0.25) is 0 Å². The van der Waals surface area contributed by atoms with Crippen LogP contribution < -0.4 is 0 Å². The van der Waals surface area contributed by atoms with Crippen LogP contribution in [0.2, 0.25) is 0 Å². The second-order valence-electron chi connectivity index (χ2n) is 7.06. The van der Waals surface area contributed by atoms with Crippen LogP contribution in [0.25, 0.3) is 0 Å². The summed E-state index contributed by atoms with van der Waals surface area (Å²) in [6.07, 6.45) is 1.72. The minimum absolute atomic E-state index is 0.102. The van der Waals surface area contributed by atoms with E-state index in [9.17, 15) is 5.11 Å². The van der Waals surface area contributed by atoms with Gasteiger partial charge < -0.3 is 5.11 Å². The minimum atomic E-state index is -1.34. The van der Waals surface area contributed by atoms with Crippen molar-refractivity contribution in [2.75, 3.05) is 0 Å². The van der Waals surface area contributed by atoms with Gasteiger partial charge in [0, 0.05) is 5.41 Å². The summed E-state index contributed by atoms with van der Waals surface area (Å²) in [4.78, 5) is 0. The normalized spacial score (nSPS) is 31.2. The average Bonchev–Trinajstić information content (AvgIpc) is 2.38. The van der Waals surface area contributed by atoms with Gasteiger partial charge in [0.1, 0.15) is 0 Å². The average molecular weight is 350 g/mol. The highest BCUT2D eigenvalue weighted by Crippen LogP contribution is 2.56. The van der Waals surface area contributed by atoms with Crippen molar-refractivity contribution in [2.24, 2.45) is 11.3 Å². The Labute approximate surface area is 142 Å². The monoisotopic (exact) mass is 348 g/mol. The first-order chi connectivity index (χ1) is 9.58. The summed E-state index contributed by atoms with van der Waals surface area (Å²) in [5, 5.41) is 10.7. The minimum Gasteiger partial charge on any atom is -0.393 e. The van der Waals surface area contributed by atoms with Crippen molar-refractivity contribution in [1.29, 1.82) is 0 Å². The predicted molar refractivity (Wildman–Crippen MR) is 91.2 cm³/mol. The number of benzene rings is 1. The molecule has 1 aliphatic rings. The van der Waals surface area contributed by atoms with Gasteiger partial charge in [-0.1, -0.05) is 85.9 Å². The molecule has 4 heteroatoms. The third kappa shape index (κ3) is 3.37. The standard InChI is InChI=1S/C17H23Cl3O/c1-15(2,12-7-5-4-6-8-12)13-9-10-16(3,11-14(13)21)17(18,19)20/h4-8,13-14,21H,9-11H2,1-3H3/t13-,14-,16-/m1/s1. The van der Waals surface area contributed by atoms with Crippen molar-refractivity contribution in [3.63, 3.8) is 0 Å². The number of halogens is 3. The fourth-order valence-corrected chi connectivity index (χ4v) is 4.07. The van der Waals surface area contributed by atoms with Crippen LogP contribution in [0.15, 0.2) is 30.3 Å². The first-order valence-electron chi connectivity index (χ1n) is 7.38. The molecule has 0 spiro atoms. The third-order valence-corrected chi connectivity index (χ3v) is 6.63. The fourth-order valence-electron chi connectivity index (χ4n) is 3.55. The number of hydrogen-bond donors (Lipinski definition) is 1. The Bertz CT molecular complexity index is 481. The third-order valence-electron chi connectivity index (χ3n) is 5.26. The number of aliphatic hydroxyl groups is 1. The van der Waals surface area contributed by atoms with Gasteiger partial charge in [0.05, 0.1) is 6.10 Å². The van der Waals surface area contributed by atoms with Gasteiger partial charge in [-0.2, -0.15) is 0 Å². The van der Waals surface area contributed by atoms with Gasteiger partial charge in [-0.25, -0.2) is 0 Å². The molecule has 1 saturated carbocycles. The fraction of sp³-hybridized carbons (Fsp3) is 0.647. The Hall–Kier alpha value is 0.0500. The Morgan fingerprint density at radius 3 is 2.19 bits per heavy atom. The molecule has 0 aromatic heterocycles. The van der Waals surface area contributed by atoms with Crippen molar-refractivity contribution in [2.45, 2.75) is 55.3 Å². The summed E-state index contributed by atoms with van der Waals surface area (Å²) >= 11 is 18.4. The first kappa shape index (κ1) is 17.4. The van der Waals surface area contributed by atoms with Gasteiger partial charge in [-0.3, -0.25) is 0 Å². The zero-order valence-corrected chi connectivity index (χ0v) is 15.0. The molecule has 118 valence electrons. The Balaban J connectivity index is 2.21. The van der Waals surface area contributed by atoms with Crippen LogP contribution in [0.4, 0.5) is 0 Å². The lowest BCUT2D eigenvalue weighted by atomic mass is 9.61. The van der Waals surface area contributed by atoms with Crippen LogP contribution in [0, 0.1) is 11.3 Å². The first-order valence-corrected chi connectivity index (χ1v) is 8.52. The Morgan fingerprint density at radius 1 is 1.14 bits per heavy atom. The summed E-state index contributed by atoms with van der Waals surface area (Å²) in [6.45, 7) is 6.33. The van der Waals surface area contributed by atoms with Gasteiger partial charge >= 0.3 is 0 Å². The number of alkyl halides is 3. The number of rotatable bonds is 2. The molecule has 21 heavy (non-hydrogen) atoms. The molecule has 1 fully saturated rings. The van der Waals surface area contributed by atoms with Crippen LogP contribution in [-0.2, 0) is 5.41 Å². The van der Waals surface area contributed by atoms with Crippen molar-refractivity contribution in [1.82, 2.24) is 0 Å².